The van der Waals surface area contributed by atoms with Gasteiger partial charge in [0.05, 0.1) is 12.1 Å². The molecule has 1 aliphatic heterocycles. The highest BCUT2D eigenvalue weighted by atomic mass is 79.9. The predicted molar refractivity (Wildman–Crippen MR) is 74.6 cm³/mol. The second-order valence-electron chi connectivity index (χ2n) is 4.38. The van der Waals surface area contributed by atoms with E-state index < -0.39 is 0 Å². The molecular weight excluding hydrogens is 290 g/mol. The third-order valence-corrected chi connectivity index (χ3v) is 3.86. The molecule has 0 amide bonds. The van der Waals surface area contributed by atoms with Crippen molar-refractivity contribution in [3.05, 3.63) is 70.2 Å². The number of hydrogen-bond acceptors (Lipinski definition) is 2. The summed E-state index contributed by atoms with van der Waals surface area (Å²) >= 11 is 3.42. The van der Waals surface area contributed by atoms with Gasteiger partial charge in [0.2, 0.25) is 0 Å². The number of hydrogen-bond donors (Lipinski definition) is 1. The molecule has 0 unspecified atom stereocenters. The van der Waals surface area contributed by atoms with Gasteiger partial charge in [0.1, 0.15) is 0 Å². The van der Waals surface area contributed by atoms with Gasteiger partial charge in [-0.2, -0.15) is 0 Å². The second-order valence-corrected chi connectivity index (χ2v) is 5.23. The van der Waals surface area contributed by atoms with Gasteiger partial charge < -0.3 is 0 Å². The van der Waals surface area contributed by atoms with Crippen molar-refractivity contribution >= 4 is 21.7 Å². The van der Waals surface area contributed by atoms with E-state index in [0.717, 1.165) is 10.0 Å². The van der Waals surface area contributed by atoms with Crippen molar-refractivity contribution < 1.29 is 4.79 Å². The monoisotopic (exact) mass is 301 g/mol. The van der Waals surface area contributed by atoms with Crippen LogP contribution in [0.15, 0.2) is 59.1 Å². The average Bonchev–Trinajstić information content (AvgIpc) is 3.20. The molecule has 18 heavy (non-hydrogen) atoms. The lowest BCUT2D eigenvalue weighted by atomic mass is 10.0. The number of Topliss-reactive ketones (excluding diaryl/α,β-unsaturated/α-hetero) is 1. The minimum atomic E-state index is -0.0916. The summed E-state index contributed by atoms with van der Waals surface area (Å²) in [5.74, 6) is 0.149. The molecule has 0 spiro atoms. The Kier molecular flexibility index (Phi) is 3.02. The van der Waals surface area contributed by atoms with Crippen LogP contribution in [0.25, 0.3) is 0 Å². The third-order valence-electron chi connectivity index (χ3n) is 3.16. The van der Waals surface area contributed by atoms with Crippen LogP contribution in [0.1, 0.15) is 22.0 Å². The number of nitrogens with one attached hydrogen (secondary N) is 1. The van der Waals surface area contributed by atoms with Crippen molar-refractivity contribution in [3.63, 3.8) is 0 Å². The molecule has 1 N–H and O–H groups in total. The summed E-state index contributed by atoms with van der Waals surface area (Å²) in [7, 11) is 0. The summed E-state index contributed by atoms with van der Waals surface area (Å²) < 4.78 is 0.857. The van der Waals surface area contributed by atoms with E-state index in [1.54, 1.807) is 0 Å². The van der Waals surface area contributed by atoms with Gasteiger partial charge in [-0.25, -0.2) is 0 Å². The smallest absolute Gasteiger partial charge is 0.182 e. The van der Waals surface area contributed by atoms with Crippen LogP contribution in [0, 0.1) is 0 Å². The fraction of sp³-hybridized carbons (Fsp3) is 0.133. The lowest BCUT2D eigenvalue weighted by Crippen LogP contribution is -2.10. The molecule has 0 radical (unpaired) electrons. The molecule has 0 saturated carbocycles. The Morgan fingerprint density at radius 2 is 1.67 bits per heavy atom. The zero-order valence-electron chi connectivity index (χ0n) is 9.64. The van der Waals surface area contributed by atoms with Gasteiger partial charge in [0.15, 0.2) is 5.78 Å². The van der Waals surface area contributed by atoms with Crippen molar-refractivity contribution in [1.29, 1.82) is 0 Å². The van der Waals surface area contributed by atoms with E-state index in [2.05, 4.69) is 21.2 Å². The number of rotatable bonds is 3. The van der Waals surface area contributed by atoms with Gasteiger partial charge in [-0.15, -0.1) is 0 Å². The summed E-state index contributed by atoms with van der Waals surface area (Å²) in [5, 5.41) is 3.24. The van der Waals surface area contributed by atoms with E-state index in [-0.39, 0.29) is 17.9 Å². The molecule has 3 rings (SSSR count). The molecule has 0 aromatic heterocycles. The molecule has 0 bridgehead atoms. The molecule has 90 valence electrons. The Morgan fingerprint density at radius 3 is 2.39 bits per heavy atom. The second kappa shape index (κ2) is 4.67. The normalized spacial score (nSPS) is 21.6. The molecule has 3 heteroatoms. The highest BCUT2D eigenvalue weighted by Gasteiger charge is 2.43. The Balaban J connectivity index is 1.80. The van der Waals surface area contributed by atoms with E-state index in [1.165, 1.54) is 5.56 Å². The Hall–Kier alpha value is -1.45. The van der Waals surface area contributed by atoms with Crippen molar-refractivity contribution in [2.75, 3.05) is 0 Å². The van der Waals surface area contributed by atoms with Crippen LogP contribution in [-0.4, -0.2) is 11.8 Å². The fourth-order valence-corrected chi connectivity index (χ4v) is 2.62. The summed E-state index contributed by atoms with van der Waals surface area (Å²) in [6.45, 7) is 0. The van der Waals surface area contributed by atoms with Crippen molar-refractivity contribution in [2.45, 2.75) is 12.1 Å². The molecule has 1 saturated heterocycles. The maximum atomic E-state index is 12.3. The third kappa shape index (κ3) is 2.11. The van der Waals surface area contributed by atoms with Gasteiger partial charge in [0, 0.05) is 10.0 Å². The van der Waals surface area contributed by atoms with Crippen LogP contribution in [0.4, 0.5) is 0 Å². The van der Waals surface area contributed by atoms with Gasteiger partial charge >= 0.3 is 0 Å². The standard InChI is InChI=1S/C15H12BrNO/c16-12-9-5-4-8-11(12)15(18)14-13(17-14)10-6-2-1-3-7-10/h1-9,13-14,17H/t13-,14+/m1/s1. The zero-order valence-corrected chi connectivity index (χ0v) is 11.2. The van der Waals surface area contributed by atoms with Crippen LogP contribution in [0.5, 0.6) is 0 Å². The molecule has 1 heterocycles. The largest absolute Gasteiger partial charge is 0.297 e. The maximum Gasteiger partial charge on any atom is 0.182 e. The number of benzene rings is 2. The first-order valence-electron chi connectivity index (χ1n) is 5.87. The Bertz CT molecular complexity index is 582. The predicted octanol–water partition coefficient (Wildman–Crippen LogP) is 3.34. The van der Waals surface area contributed by atoms with E-state index in [0.29, 0.717) is 0 Å². The molecule has 1 aliphatic rings. The first-order chi connectivity index (χ1) is 8.77. The summed E-state index contributed by atoms with van der Waals surface area (Å²) in [6, 6.07) is 17.7. The van der Waals surface area contributed by atoms with Gasteiger partial charge in [-0.05, 0) is 11.6 Å². The van der Waals surface area contributed by atoms with Gasteiger partial charge in [0.25, 0.3) is 0 Å². The molecule has 2 nitrogen and oxygen atoms in total. The molecule has 2 atom stereocenters. The van der Waals surface area contributed by atoms with E-state index in [4.69, 9.17) is 0 Å². The minimum absolute atomic E-state index is 0.0916. The lowest BCUT2D eigenvalue weighted by molar-refractivity contribution is 0.0987. The summed E-state index contributed by atoms with van der Waals surface area (Å²) in [5.41, 5.74) is 1.91. The number of carbonyl (C=O) groups is 1. The van der Waals surface area contributed by atoms with Crippen LogP contribution < -0.4 is 5.32 Å². The van der Waals surface area contributed by atoms with Crippen LogP contribution in [0.3, 0.4) is 0 Å². The van der Waals surface area contributed by atoms with Crippen LogP contribution in [0.2, 0.25) is 0 Å². The van der Waals surface area contributed by atoms with Gasteiger partial charge in [-0.3, -0.25) is 10.1 Å². The summed E-state index contributed by atoms with van der Waals surface area (Å²) in [4.78, 5) is 12.3. The van der Waals surface area contributed by atoms with E-state index in [9.17, 15) is 4.79 Å². The fourth-order valence-electron chi connectivity index (χ4n) is 2.14. The molecule has 2 aromatic rings. The van der Waals surface area contributed by atoms with Crippen molar-refractivity contribution in [3.8, 4) is 0 Å². The zero-order chi connectivity index (χ0) is 12.5. The van der Waals surface area contributed by atoms with E-state index in [1.807, 2.05) is 54.6 Å². The van der Waals surface area contributed by atoms with Crippen LogP contribution >= 0.6 is 15.9 Å². The van der Waals surface area contributed by atoms with Crippen molar-refractivity contribution in [2.24, 2.45) is 0 Å². The molecule has 2 aromatic carbocycles. The van der Waals surface area contributed by atoms with Gasteiger partial charge in [-0.1, -0.05) is 64.5 Å². The van der Waals surface area contributed by atoms with Crippen molar-refractivity contribution in [1.82, 2.24) is 5.32 Å². The molecular formula is C15H12BrNO. The SMILES string of the molecule is O=C(c1ccccc1Br)[C@H]1N[C@@H]1c1ccccc1. The molecule has 1 fully saturated rings. The Labute approximate surface area is 114 Å². The minimum Gasteiger partial charge on any atom is -0.297 e. The van der Waals surface area contributed by atoms with E-state index >= 15 is 0 Å². The quantitative estimate of drug-likeness (QED) is 0.697. The topological polar surface area (TPSA) is 39.0 Å². The highest BCUT2D eigenvalue weighted by molar-refractivity contribution is 9.10. The summed E-state index contributed by atoms with van der Waals surface area (Å²) in [6.07, 6.45) is 0. The Morgan fingerprint density at radius 1 is 1.00 bits per heavy atom. The maximum absolute atomic E-state index is 12.3. The number of ketones is 1. The van der Waals surface area contributed by atoms with Crippen LogP contribution in [-0.2, 0) is 0 Å². The first-order valence-corrected chi connectivity index (χ1v) is 6.66. The first kappa shape index (κ1) is 11.6. The highest BCUT2D eigenvalue weighted by Crippen LogP contribution is 2.33. The molecule has 0 aliphatic carbocycles. The number of carbonyl (C=O) groups excluding carboxylic acids is 1. The average molecular weight is 302 g/mol. The number of halogens is 1. The lowest BCUT2D eigenvalue weighted by Gasteiger charge is -2.01.